The van der Waals surface area contributed by atoms with Crippen LogP contribution in [-0.4, -0.2) is 48.4 Å². The number of hydrogen-bond acceptors (Lipinski definition) is 3. The van der Waals surface area contributed by atoms with Crippen LogP contribution in [0, 0.1) is 13.8 Å². The van der Waals surface area contributed by atoms with Crippen molar-refractivity contribution in [1.29, 1.82) is 0 Å². The zero-order valence-electron chi connectivity index (χ0n) is 17.3. The molecule has 3 rings (SSSR count). The Morgan fingerprint density at radius 2 is 1.75 bits per heavy atom. The molecule has 0 radical (unpaired) electrons. The van der Waals surface area contributed by atoms with Gasteiger partial charge in [-0.05, 0) is 63.5 Å². The molecule has 0 bridgehead atoms. The summed E-state index contributed by atoms with van der Waals surface area (Å²) in [6.45, 7) is 6.85. The Hall–Kier alpha value is -1.69. The predicted molar refractivity (Wildman–Crippen MR) is 120 cm³/mol. The molecule has 0 atom stereocenters. The minimum absolute atomic E-state index is 0.0983. The lowest BCUT2D eigenvalue weighted by molar-refractivity contribution is -0.129. The number of nitrogens with zero attached hydrogens (tertiary/aromatic N) is 2. The molecule has 0 aromatic heterocycles. The molecular formula is C23H30BrN3O. The van der Waals surface area contributed by atoms with Crippen LogP contribution in [0.25, 0.3) is 0 Å². The van der Waals surface area contributed by atoms with E-state index in [-0.39, 0.29) is 5.91 Å². The monoisotopic (exact) mass is 443 g/mol. The summed E-state index contributed by atoms with van der Waals surface area (Å²) in [7, 11) is 4.04. The molecule has 0 aliphatic carbocycles. The molecule has 1 amide bonds. The largest absolute Gasteiger partial charge is 0.324 e. The maximum atomic E-state index is 13.4. The van der Waals surface area contributed by atoms with E-state index in [1.165, 1.54) is 5.56 Å². The predicted octanol–water partition coefficient (Wildman–Crippen LogP) is 4.60. The topological polar surface area (TPSA) is 35.6 Å². The van der Waals surface area contributed by atoms with Gasteiger partial charge in [-0.25, -0.2) is 0 Å². The van der Waals surface area contributed by atoms with Crippen LogP contribution in [0.2, 0.25) is 0 Å². The Labute approximate surface area is 177 Å². The van der Waals surface area contributed by atoms with Gasteiger partial charge in [-0.1, -0.05) is 52.3 Å². The van der Waals surface area contributed by atoms with Gasteiger partial charge in [0, 0.05) is 29.8 Å². The molecular weight excluding hydrogens is 414 g/mol. The molecule has 150 valence electrons. The molecule has 1 aliphatic heterocycles. The third-order valence-corrected chi connectivity index (χ3v) is 6.92. The van der Waals surface area contributed by atoms with Crippen LogP contribution in [0.1, 0.15) is 29.5 Å². The van der Waals surface area contributed by atoms with Gasteiger partial charge in [-0.15, -0.1) is 0 Å². The van der Waals surface area contributed by atoms with E-state index in [9.17, 15) is 4.79 Å². The molecule has 28 heavy (non-hydrogen) atoms. The van der Waals surface area contributed by atoms with E-state index in [1.807, 2.05) is 46.1 Å². The maximum absolute atomic E-state index is 13.4. The quantitative estimate of drug-likeness (QED) is 0.732. The second-order valence-corrected chi connectivity index (χ2v) is 8.86. The van der Waals surface area contributed by atoms with Crippen molar-refractivity contribution < 1.29 is 4.79 Å². The molecule has 1 aliphatic rings. The van der Waals surface area contributed by atoms with Crippen LogP contribution in [0.3, 0.4) is 0 Å². The molecule has 5 heteroatoms. The van der Waals surface area contributed by atoms with E-state index in [4.69, 9.17) is 0 Å². The van der Waals surface area contributed by atoms with Gasteiger partial charge < -0.3 is 5.32 Å². The van der Waals surface area contributed by atoms with E-state index in [1.54, 1.807) is 0 Å². The molecule has 2 aromatic carbocycles. The summed E-state index contributed by atoms with van der Waals surface area (Å²) in [5.74, 6) is 0.0983. The standard InChI is InChI=1S/C23H30BrN3O/c1-17-10-11-20(24)18(2)21(17)25-22(28)23(26(3)4)12-14-27(15-13-23)16-19-8-6-5-7-9-19/h5-11H,12-16H2,1-4H3,(H,25,28). The minimum Gasteiger partial charge on any atom is -0.324 e. The summed E-state index contributed by atoms with van der Waals surface area (Å²) in [6.07, 6.45) is 1.65. The molecule has 1 heterocycles. The average molecular weight is 444 g/mol. The molecule has 4 nitrogen and oxygen atoms in total. The fourth-order valence-corrected chi connectivity index (χ4v) is 4.37. The van der Waals surface area contributed by atoms with Gasteiger partial charge in [0.05, 0.1) is 0 Å². The van der Waals surface area contributed by atoms with Gasteiger partial charge in [0.15, 0.2) is 0 Å². The summed E-state index contributed by atoms with van der Waals surface area (Å²) in [6, 6.07) is 14.6. The SMILES string of the molecule is Cc1ccc(Br)c(C)c1NC(=O)C1(N(C)C)CCN(Cc2ccccc2)CC1. The zero-order valence-corrected chi connectivity index (χ0v) is 18.8. The number of aryl methyl sites for hydroxylation is 1. The number of benzene rings is 2. The van der Waals surface area contributed by atoms with Crippen molar-refractivity contribution in [2.75, 3.05) is 32.5 Å². The molecule has 1 fully saturated rings. The van der Waals surface area contributed by atoms with Crippen molar-refractivity contribution in [3.63, 3.8) is 0 Å². The van der Waals surface area contributed by atoms with Gasteiger partial charge in [0.2, 0.25) is 5.91 Å². The van der Waals surface area contributed by atoms with Gasteiger partial charge >= 0.3 is 0 Å². The minimum atomic E-state index is -0.478. The first kappa shape index (κ1) is 21.0. The van der Waals surface area contributed by atoms with E-state index < -0.39 is 5.54 Å². The molecule has 0 unspecified atom stereocenters. The number of likely N-dealkylation sites (N-methyl/N-ethyl adjacent to an activating group) is 1. The van der Waals surface area contributed by atoms with Crippen LogP contribution < -0.4 is 5.32 Å². The summed E-state index contributed by atoms with van der Waals surface area (Å²) in [5, 5.41) is 3.25. The van der Waals surface area contributed by atoms with Crippen LogP contribution in [0.5, 0.6) is 0 Å². The summed E-state index contributed by atoms with van der Waals surface area (Å²) >= 11 is 3.58. The Bertz CT molecular complexity index is 827. The first-order valence-electron chi connectivity index (χ1n) is 9.84. The molecule has 1 N–H and O–H groups in total. The number of amides is 1. The Morgan fingerprint density at radius 1 is 1.11 bits per heavy atom. The summed E-state index contributed by atoms with van der Waals surface area (Å²) in [5.41, 5.74) is 3.93. The van der Waals surface area contributed by atoms with Crippen LogP contribution >= 0.6 is 15.9 Å². The molecule has 0 spiro atoms. The van der Waals surface area contributed by atoms with Gasteiger partial charge in [0.25, 0.3) is 0 Å². The Morgan fingerprint density at radius 3 is 2.36 bits per heavy atom. The van der Waals surface area contributed by atoms with Gasteiger partial charge in [0.1, 0.15) is 5.54 Å². The molecule has 1 saturated heterocycles. The van der Waals surface area contributed by atoms with E-state index >= 15 is 0 Å². The highest BCUT2D eigenvalue weighted by Gasteiger charge is 2.43. The number of piperidine rings is 1. The van der Waals surface area contributed by atoms with Gasteiger partial charge in [-0.2, -0.15) is 0 Å². The number of rotatable bonds is 5. The second-order valence-electron chi connectivity index (χ2n) is 8.01. The van der Waals surface area contributed by atoms with Crippen molar-refractivity contribution in [1.82, 2.24) is 9.80 Å². The first-order chi connectivity index (χ1) is 13.3. The Balaban J connectivity index is 1.73. The maximum Gasteiger partial charge on any atom is 0.244 e. The highest BCUT2D eigenvalue weighted by molar-refractivity contribution is 9.10. The Kier molecular flexibility index (Phi) is 6.58. The van der Waals surface area contributed by atoms with E-state index in [0.29, 0.717) is 0 Å². The third kappa shape index (κ3) is 4.32. The lowest BCUT2D eigenvalue weighted by Gasteiger charge is -2.45. The van der Waals surface area contributed by atoms with Crippen LogP contribution in [-0.2, 0) is 11.3 Å². The average Bonchev–Trinajstić information content (AvgIpc) is 2.69. The van der Waals surface area contributed by atoms with Crippen molar-refractivity contribution in [2.24, 2.45) is 0 Å². The number of carbonyl (C=O) groups is 1. The van der Waals surface area contributed by atoms with Crippen LogP contribution in [0.4, 0.5) is 5.69 Å². The zero-order chi connectivity index (χ0) is 20.3. The lowest BCUT2D eigenvalue weighted by Crippen LogP contribution is -2.59. The first-order valence-corrected chi connectivity index (χ1v) is 10.6. The second kappa shape index (κ2) is 8.76. The number of hydrogen-bond donors (Lipinski definition) is 1. The lowest BCUT2D eigenvalue weighted by atomic mass is 9.84. The van der Waals surface area contributed by atoms with E-state index in [0.717, 1.165) is 53.8 Å². The molecule has 2 aromatic rings. The van der Waals surface area contributed by atoms with Crippen molar-refractivity contribution >= 4 is 27.5 Å². The highest BCUT2D eigenvalue weighted by atomic mass is 79.9. The number of anilines is 1. The van der Waals surface area contributed by atoms with Gasteiger partial charge in [-0.3, -0.25) is 14.6 Å². The third-order valence-electron chi connectivity index (χ3n) is 6.06. The molecule has 0 saturated carbocycles. The number of nitrogens with one attached hydrogen (secondary N) is 1. The van der Waals surface area contributed by atoms with Crippen molar-refractivity contribution in [2.45, 2.75) is 38.8 Å². The van der Waals surface area contributed by atoms with Crippen molar-refractivity contribution in [3.8, 4) is 0 Å². The summed E-state index contributed by atoms with van der Waals surface area (Å²) in [4.78, 5) is 18.0. The summed E-state index contributed by atoms with van der Waals surface area (Å²) < 4.78 is 1.02. The van der Waals surface area contributed by atoms with Crippen LogP contribution in [0.15, 0.2) is 46.9 Å². The number of likely N-dealkylation sites (tertiary alicyclic amines) is 1. The smallest absolute Gasteiger partial charge is 0.244 e. The van der Waals surface area contributed by atoms with E-state index in [2.05, 4.69) is 55.3 Å². The fourth-order valence-electron chi connectivity index (χ4n) is 4.04. The normalized spacial score (nSPS) is 16.9. The number of carbonyl (C=O) groups excluding carboxylic acids is 1. The fraction of sp³-hybridized carbons (Fsp3) is 0.435. The number of halogens is 1. The van der Waals surface area contributed by atoms with Crippen molar-refractivity contribution in [3.05, 3.63) is 63.6 Å². The highest BCUT2D eigenvalue weighted by Crippen LogP contribution is 2.32.